The molecule has 2 heterocycles. The number of hydrazone groups is 1. The molecule has 0 aliphatic carbocycles. The van der Waals surface area contributed by atoms with Crippen molar-refractivity contribution in [1.29, 1.82) is 0 Å². The third-order valence-electron chi connectivity index (χ3n) is 5.80. The summed E-state index contributed by atoms with van der Waals surface area (Å²) in [6.07, 6.45) is 4.04. The Balaban J connectivity index is 1.52. The van der Waals surface area contributed by atoms with Crippen LogP contribution in [0.15, 0.2) is 66.0 Å². The molecular weight excluding hydrogens is 465 g/mol. The monoisotopic (exact) mass is 491 g/mol. The number of amides is 2. The Bertz CT molecular complexity index is 1250. The van der Waals surface area contributed by atoms with E-state index in [-0.39, 0.29) is 29.9 Å². The van der Waals surface area contributed by atoms with E-state index < -0.39 is 12.8 Å². The minimum Gasteiger partial charge on any atom is -0.493 e. The summed E-state index contributed by atoms with van der Waals surface area (Å²) in [6.45, 7) is 1.28. The van der Waals surface area contributed by atoms with Crippen LogP contribution in [0.2, 0.25) is 0 Å². The smallest absolute Gasteiger partial charge is 0.293 e. The van der Waals surface area contributed by atoms with E-state index >= 15 is 0 Å². The Kier molecular flexibility index (Phi) is 7.84. The molecule has 0 saturated heterocycles. The molecule has 9 nitrogen and oxygen atoms in total. The van der Waals surface area contributed by atoms with E-state index in [1.807, 2.05) is 25.1 Å². The maximum atomic E-state index is 12.9. The van der Waals surface area contributed by atoms with Gasteiger partial charge in [0.1, 0.15) is 0 Å². The van der Waals surface area contributed by atoms with Gasteiger partial charge in [0, 0.05) is 36.0 Å². The van der Waals surface area contributed by atoms with Crippen LogP contribution in [-0.4, -0.2) is 46.5 Å². The molecule has 1 unspecified atom stereocenters. The summed E-state index contributed by atoms with van der Waals surface area (Å²) in [5, 5.41) is 8.85. The number of benzene rings is 2. The summed E-state index contributed by atoms with van der Waals surface area (Å²) >= 11 is 0. The number of anilines is 1. The summed E-state index contributed by atoms with van der Waals surface area (Å²) in [4.78, 5) is 33.0. The number of ether oxygens (including phenoxy) is 2. The number of carbonyl (C=O) groups excluding carboxylic acids is 2. The van der Waals surface area contributed by atoms with Crippen molar-refractivity contribution in [3.8, 4) is 11.5 Å². The first-order chi connectivity index (χ1) is 17.5. The molecule has 1 aliphatic rings. The molecule has 3 aromatic rings. The van der Waals surface area contributed by atoms with Gasteiger partial charge in [0.15, 0.2) is 11.5 Å². The number of rotatable bonds is 9. The van der Waals surface area contributed by atoms with E-state index in [1.54, 1.807) is 30.3 Å². The molecule has 36 heavy (non-hydrogen) atoms. The molecule has 1 atom stereocenters. The maximum absolute atomic E-state index is 12.9. The molecule has 2 amide bonds. The largest absolute Gasteiger partial charge is 0.493 e. The minimum absolute atomic E-state index is 0.0711. The van der Waals surface area contributed by atoms with E-state index in [0.717, 1.165) is 23.3 Å². The van der Waals surface area contributed by atoms with Crippen molar-refractivity contribution in [3.05, 3.63) is 77.9 Å². The van der Waals surface area contributed by atoms with Gasteiger partial charge in [0.05, 0.1) is 19.4 Å². The van der Waals surface area contributed by atoms with Gasteiger partial charge >= 0.3 is 0 Å². The number of methoxy groups -OCH3 is 1. The fourth-order valence-electron chi connectivity index (χ4n) is 3.91. The third-order valence-corrected chi connectivity index (χ3v) is 5.80. The zero-order valence-electron chi connectivity index (χ0n) is 20.0. The fraction of sp³-hybridized carbons (Fsp3) is 0.269. The van der Waals surface area contributed by atoms with Gasteiger partial charge in [-0.05, 0) is 48.4 Å². The normalized spacial score (nSPS) is 15.3. The Morgan fingerprint density at radius 3 is 2.56 bits per heavy atom. The SMILES string of the molecule is CCC1CC(=O)N(Cc2ccc(NC(=O)c3ncccn3)cc2)N=C1c1ccc(OC)c(OCF)c1. The van der Waals surface area contributed by atoms with Crippen LogP contribution in [-0.2, 0) is 11.3 Å². The molecular formula is C26H26FN5O4. The number of halogens is 1. The molecule has 0 fully saturated rings. The quantitative estimate of drug-likeness (QED) is 0.481. The van der Waals surface area contributed by atoms with Gasteiger partial charge in [0.25, 0.3) is 5.91 Å². The van der Waals surface area contributed by atoms with Crippen LogP contribution in [0.5, 0.6) is 11.5 Å². The lowest BCUT2D eigenvalue weighted by molar-refractivity contribution is -0.133. The molecule has 0 spiro atoms. The summed E-state index contributed by atoms with van der Waals surface area (Å²) in [5.41, 5.74) is 2.89. The van der Waals surface area contributed by atoms with Crippen LogP contribution < -0.4 is 14.8 Å². The highest BCUT2D eigenvalue weighted by Crippen LogP contribution is 2.32. The third kappa shape index (κ3) is 5.65. The number of aromatic nitrogens is 2. The highest BCUT2D eigenvalue weighted by molar-refractivity contribution is 6.06. The molecule has 1 aromatic heterocycles. The van der Waals surface area contributed by atoms with Crippen molar-refractivity contribution in [2.75, 3.05) is 19.3 Å². The van der Waals surface area contributed by atoms with Gasteiger partial charge in [-0.25, -0.2) is 19.4 Å². The summed E-state index contributed by atoms with van der Waals surface area (Å²) in [5.74, 6) is 0.199. The van der Waals surface area contributed by atoms with Crippen LogP contribution in [0.3, 0.4) is 0 Å². The molecule has 4 rings (SSSR count). The lowest BCUT2D eigenvalue weighted by atomic mass is 9.89. The van der Waals surface area contributed by atoms with E-state index in [1.165, 1.54) is 24.5 Å². The van der Waals surface area contributed by atoms with E-state index in [0.29, 0.717) is 17.9 Å². The molecule has 1 aliphatic heterocycles. The lowest BCUT2D eigenvalue weighted by Gasteiger charge is -2.29. The van der Waals surface area contributed by atoms with E-state index in [9.17, 15) is 14.0 Å². The summed E-state index contributed by atoms with van der Waals surface area (Å²) in [6, 6.07) is 14.0. The number of hydrogen-bond acceptors (Lipinski definition) is 7. The van der Waals surface area contributed by atoms with Crippen LogP contribution >= 0.6 is 0 Å². The topological polar surface area (TPSA) is 106 Å². The highest BCUT2D eigenvalue weighted by atomic mass is 19.1. The number of alkyl halides is 1. The second-order valence-corrected chi connectivity index (χ2v) is 8.09. The zero-order chi connectivity index (χ0) is 25.5. The number of nitrogens with one attached hydrogen (secondary N) is 1. The summed E-state index contributed by atoms with van der Waals surface area (Å²) in [7, 11) is 1.49. The first kappa shape index (κ1) is 24.8. The molecule has 0 bridgehead atoms. The molecule has 0 radical (unpaired) electrons. The number of hydrogen-bond donors (Lipinski definition) is 1. The van der Waals surface area contributed by atoms with Gasteiger partial charge in [-0.2, -0.15) is 5.10 Å². The van der Waals surface area contributed by atoms with Gasteiger partial charge < -0.3 is 14.8 Å². The van der Waals surface area contributed by atoms with Crippen LogP contribution in [0.25, 0.3) is 0 Å². The van der Waals surface area contributed by atoms with Crippen molar-refractivity contribution >= 4 is 23.2 Å². The highest BCUT2D eigenvalue weighted by Gasteiger charge is 2.30. The average molecular weight is 492 g/mol. The van der Waals surface area contributed by atoms with Crippen molar-refractivity contribution in [1.82, 2.24) is 15.0 Å². The first-order valence-corrected chi connectivity index (χ1v) is 11.5. The van der Waals surface area contributed by atoms with Crippen LogP contribution in [0, 0.1) is 5.92 Å². The molecule has 10 heteroatoms. The van der Waals surface area contributed by atoms with Crippen LogP contribution in [0.1, 0.15) is 41.5 Å². The molecule has 1 N–H and O–H groups in total. The van der Waals surface area contributed by atoms with Crippen molar-refractivity contribution in [2.24, 2.45) is 11.0 Å². The van der Waals surface area contributed by atoms with E-state index in [2.05, 4.69) is 20.4 Å². The number of nitrogens with zero attached hydrogens (tertiary/aromatic N) is 4. The van der Waals surface area contributed by atoms with E-state index in [4.69, 9.17) is 9.47 Å². The van der Waals surface area contributed by atoms with Gasteiger partial charge in [-0.15, -0.1) is 0 Å². The Morgan fingerprint density at radius 1 is 1.14 bits per heavy atom. The Hall–Kier alpha value is -4.34. The Morgan fingerprint density at radius 2 is 1.89 bits per heavy atom. The second-order valence-electron chi connectivity index (χ2n) is 8.09. The molecule has 2 aromatic carbocycles. The van der Waals surface area contributed by atoms with Crippen LogP contribution in [0.4, 0.5) is 10.1 Å². The summed E-state index contributed by atoms with van der Waals surface area (Å²) < 4.78 is 23.2. The standard InChI is InChI=1S/C26H26FN5O4/c1-3-18-14-23(33)32(31-24(18)19-7-10-21(35-2)22(13-19)36-16-27)15-17-5-8-20(9-6-17)30-26(34)25-28-11-4-12-29-25/h4-13,18H,3,14-16H2,1-2H3,(H,30,34). The first-order valence-electron chi connectivity index (χ1n) is 11.5. The molecule has 0 saturated carbocycles. The number of carbonyl (C=O) groups is 2. The van der Waals surface area contributed by atoms with Crippen molar-refractivity contribution in [2.45, 2.75) is 26.3 Å². The second kappa shape index (κ2) is 11.4. The predicted molar refractivity (Wildman–Crippen MR) is 132 cm³/mol. The minimum atomic E-state index is -0.983. The van der Waals surface area contributed by atoms with Gasteiger partial charge in [-0.3, -0.25) is 9.59 Å². The molecule has 186 valence electrons. The Labute approximate surface area is 208 Å². The fourth-order valence-corrected chi connectivity index (χ4v) is 3.91. The van der Waals surface area contributed by atoms with Gasteiger partial charge in [0.2, 0.25) is 18.6 Å². The van der Waals surface area contributed by atoms with Crippen molar-refractivity contribution in [3.63, 3.8) is 0 Å². The predicted octanol–water partition coefficient (Wildman–Crippen LogP) is 4.21. The zero-order valence-corrected chi connectivity index (χ0v) is 20.0. The maximum Gasteiger partial charge on any atom is 0.293 e. The average Bonchev–Trinajstić information content (AvgIpc) is 2.91. The van der Waals surface area contributed by atoms with Crippen molar-refractivity contribution < 1.29 is 23.5 Å². The van der Waals surface area contributed by atoms with Gasteiger partial charge in [-0.1, -0.05) is 19.1 Å². The lowest BCUT2D eigenvalue weighted by Crippen LogP contribution is -2.36.